The van der Waals surface area contributed by atoms with Crippen LogP contribution in [0.4, 0.5) is 10.2 Å². The fourth-order valence-electron chi connectivity index (χ4n) is 3.61. The van der Waals surface area contributed by atoms with Crippen molar-refractivity contribution in [3.63, 3.8) is 0 Å². The molecule has 0 fully saturated rings. The van der Waals surface area contributed by atoms with Crippen molar-refractivity contribution >= 4 is 11.7 Å². The summed E-state index contributed by atoms with van der Waals surface area (Å²) in [7, 11) is 4.65. The summed E-state index contributed by atoms with van der Waals surface area (Å²) in [6.45, 7) is 0. The lowest BCUT2D eigenvalue weighted by Crippen LogP contribution is -2.25. The van der Waals surface area contributed by atoms with Crippen molar-refractivity contribution in [2.24, 2.45) is 0 Å². The van der Waals surface area contributed by atoms with Crippen LogP contribution in [-0.2, 0) is 4.79 Å². The van der Waals surface area contributed by atoms with E-state index in [4.69, 9.17) is 14.2 Å². The molecular formula is C21H20FN3O4. The number of nitrogens with zero attached hydrogens (tertiary/aromatic N) is 2. The second-order valence-corrected chi connectivity index (χ2v) is 6.58. The van der Waals surface area contributed by atoms with Crippen LogP contribution in [0.3, 0.4) is 0 Å². The summed E-state index contributed by atoms with van der Waals surface area (Å²) in [5.41, 5.74) is 1.99. The number of hydrogen-bond acceptors (Lipinski definition) is 5. The van der Waals surface area contributed by atoms with Crippen molar-refractivity contribution in [1.29, 1.82) is 0 Å². The molecule has 0 bridgehead atoms. The van der Waals surface area contributed by atoms with E-state index in [1.807, 2.05) is 0 Å². The Morgan fingerprint density at radius 3 is 2.48 bits per heavy atom. The zero-order chi connectivity index (χ0) is 20.5. The maximum absolute atomic E-state index is 13.7. The highest BCUT2D eigenvalue weighted by Gasteiger charge is 2.33. The van der Waals surface area contributed by atoms with Crippen LogP contribution in [-0.4, -0.2) is 36.8 Å². The van der Waals surface area contributed by atoms with Gasteiger partial charge in [-0.25, -0.2) is 9.37 Å². The van der Waals surface area contributed by atoms with Crippen LogP contribution in [0.2, 0.25) is 0 Å². The predicted molar refractivity (Wildman–Crippen MR) is 105 cm³/mol. The average molecular weight is 397 g/mol. The molecule has 0 radical (unpaired) electrons. The van der Waals surface area contributed by atoms with Crippen LogP contribution < -0.4 is 19.5 Å². The molecule has 1 aromatic heterocycles. The molecule has 29 heavy (non-hydrogen) atoms. The quantitative estimate of drug-likeness (QED) is 0.713. The Labute approximate surface area is 167 Å². The number of aromatic nitrogens is 2. The third kappa shape index (κ3) is 3.26. The first-order chi connectivity index (χ1) is 14.0. The van der Waals surface area contributed by atoms with E-state index >= 15 is 0 Å². The standard InChI is InChI=1S/C21H20FN3O4/c1-27-16-10-18(29-3)17(28-2)8-14(16)15-9-19(26)24-21-20(15)23-11-25(21)13-6-4-5-12(22)7-13/h4-8,10-11,15H,9H2,1-3H3,(H,24,26)/t15-/m1/s1. The number of amides is 1. The Kier molecular flexibility index (Phi) is 4.84. The number of rotatable bonds is 5. The molecule has 1 aliphatic heterocycles. The number of hydrogen-bond donors (Lipinski definition) is 1. The summed E-state index contributed by atoms with van der Waals surface area (Å²) >= 11 is 0. The number of carbonyl (C=O) groups is 1. The van der Waals surface area contributed by atoms with Crippen LogP contribution in [0.15, 0.2) is 42.7 Å². The number of carbonyl (C=O) groups excluding carboxylic acids is 1. The van der Waals surface area contributed by atoms with Crippen LogP contribution in [0.1, 0.15) is 23.6 Å². The second-order valence-electron chi connectivity index (χ2n) is 6.58. The van der Waals surface area contributed by atoms with Crippen LogP contribution in [0, 0.1) is 5.82 Å². The number of imidazole rings is 1. The van der Waals surface area contributed by atoms with Gasteiger partial charge in [0.2, 0.25) is 5.91 Å². The first-order valence-electron chi connectivity index (χ1n) is 8.98. The Morgan fingerprint density at radius 1 is 1.07 bits per heavy atom. The maximum atomic E-state index is 13.7. The molecule has 2 heterocycles. The summed E-state index contributed by atoms with van der Waals surface area (Å²) in [6.07, 6.45) is 1.77. The molecule has 7 nitrogen and oxygen atoms in total. The van der Waals surface area contributed by atoms with Crippen molar-refractivity contribution in [1.82, 2.24) is 9.55 Å². The highest BCUT2D eigenvalue weighted by atomic mass is 19.1. The van der Waals surface area contributed by atoms with E-state index in [9.17, 15) is 9.18 Å². The van der Waals surface area contributed by atoms with Crippen molar-refractivity contribution < 1.29 is 23.4 Å². The average Bonchev–Trinajstić information content (AvgIpc) is 3.15. The van der Waals surface area contributed by atoms with E-state index in [0.717, 1.165) is 5.56 Å². The molecule has 1 atom stereocenters. The highest BCUT2D eigenvalue weighted by molar-refractivity contribution is 5.94. The van der Waals surface area contributed by atoms with Gasteiger partial charge in [0, 0.05) is 24.0 Å². The Balaban J connectivity index is 1.86. The monoisotopic (exact) mass is 397 g/mol. The molecule has 0 unspecified atom stereocenters. The van der Waals surface area contributed by atoms with Gasteiger partial charge in [0.05, 0.1) is 32.7 Å². The first-order valence-corrected chi connectivity index (χ1v) is 8.98. The summed E-state index contributed by atoms with van der Waals surface area (Å²) in [5.74, 6) is 1.23. The number of fused-ring (bicyclic) bond motifs is 1. The molecule has 1 N–H and O–H groups in total. The van der Waals surface area contributed by atoms with Gasteiger partial charge >= 0.3 is 0 Å². The topological polar surface area (TPSA) is 74.6 Å². The van der Waals surface area contributed by atoms with Gasteiger partial charge in [-0.15, -0.1) is 0 Å². The summed E-state index contributed by atoms with van der Waals surface area (Å²) < 4.78 is 31.7. The molecule has 0 spiro atoms. The number of anilines is 1. The van der Waals surface area contributed by atoms with Gasteiger partial charge in [-0.2, -0.15) is 0 Å². The molecule has 0 saturated carbocycles. The van der Waals surface area contributed by atoms with Gasteiger partial charge in [-0.1, -0.05) is 6.07 Å². The molecule has 8 heteroatoms. The van der Waals surface area contributed by atoms with E-state index in [1.54, 1.807) is 56.5 Å². The van der Waals surface area contributed by atoms with Crippen molar-refractivity contribution in [2.75, 3.05) is 26.6 Å². The third-order valence-electron chi connectivity index (χ3n) is 4.97. The third-order valence-corrected chi connectivity index (χ3v) is 4.97. The van der Waals surface area contributed by atoms with Gasteiger partial charge in [-0.05, 0) is 24.3 Å². The van der Waals surface area contributed by atoms with Crippen molar-refractivity contribution in [2.45, 2.75) is 12.3 Å². The fraction of sp³-hybridized carbons (Fsp3) is 0.238. The van der Waals surface area contributed by atoms with Gasteiger partial charge in [0.25, 0.3) is 0 Å². The summed E-state index contributed by atoms with van der Waals surface area (Å²) in [6, 6.07) is 9.63. The van der Waals surface area contributed by atoms with E-state index in [1.165, 1.54) is 12.1 Å². The minimum absolute atomic E-state index is 0.169. The van der Waals surface area contributed by atoms with Crippen LogP contribution in [0.25, 0.3) is 5.69 Å². The molecule has 0 saturated heterocycles. The lowest BCUT2D eigenvalue weighted by molar-refractivity contribution is -0.116. The number of benzene rings is 2. The highest BCUT2D eigenvalue weighted by Crippen LogP contribution is 2.44. The first kappa shape index (κ1) is 18.8. The predicted octanol–water partition coefficient (Wildman–Crippen LogP) is 3.51. The molecule has 3 aromatic rings. The SMILES string of the molecule is COc1cc(OC)c([C@H]2CC(=O)Nc3c2ncn3-c2cccc(F)c2)cc1OC. The van der Waals surface area contributed by atoms with Crippen molar-refractivity contribution in [3.05, 3.63) is 59.8 Å². The fourth-order valence-corrected chi connectivity index (χ4v) is 3.61. The van der Waals surface area contributed by atoms with Gasteiger partial charge in [0.1, 0.15) is 23.7 Å². The second kappa shape index (κ2) is 7.46. The molecule has 1 amide bonds. The normalized spacial score (nSPS) is 15.4. The Bertz CT molecular complexity index is 1080. The van der Waals surface area contributed by atoms with Gasteiger partial charge in [0.15, 0.2) is 11.5 Å². The van der Waals surface area contributed by atoms with E-state index in [2.05, 4.69) is 10.3 Å². The van der Waals surface area contributed by atoms with Crippen LogP contribution in [0.5, 0.6) is 17.2 Å². The largest absolute Gasteiger partial charge is 0.496 e. The number of halogens is 1. The number of methoxy groups -OCH3 is 3. The van der Waals surface area contributed by atoms with Crippen LogP contribution >= 0.6 is 0 Å². The maximum Gasteiger partial charge on any atom is 0.226 e. The lowest BCUT2D eigenvalue weighted by atomic mass is 9.88. The molecule has 4 rings (SSSR count). The van der Waals surface area contributed by atoms with Crippen molar-refractivity contribution in [3.8, 4) is 22.9 Å². The smallest absolute Gasteiger partial charge is 0.226 e. The minimum Gasteiger partial charge on any atom is -0.496 e. The summed E-state index contributed by atoms with van der Waals surface area (Å²) in [5, 5.41) is 2.86. The van der Waals surface area contributed by atoms with E-state index in [-0.39, 0.29) is 24.1 Å². The zero-order valence-corrected chi connectivity index (χ0v) is 16.2. The summed E-state index contributed by atoms with van der Waals surface area (Å²) in [4.78, 5) is 17.0. The molecule has 2 aromatic carbocycles. The number of ether oxygens (including phenoxy) is 3. The Hall–Kier alpha value is -3.55. The van der Waals surface area contributed by atoms with E-state index in [0.29, 0.717) is 34.4 Å². The van der Waals surface area contributed by atoms with E-state index < -0.39 is 0 Å². The molecular weight excluding hydrogens is 377 g/mol. The van der Waals surface area contributed by atoms with Gasteiger partial charge in [-0.3, -0.25) is 9.36 Å². The molecule has 0 aliphatic carbocycles. The number of nitrogens with one attached hydrogen (secondary N) is 1. The Morgan fingerprint density at radius 2 is 1.79 bits per heavy atom. The zero-order valence-electron chi connectivity index (χ0n) is 16.2. The lowest BCUT2D eigenvalue weighted by Gasteiger charge is -2.25. The minimum atomic E-state index is -0.370. The molecule has 150 valence electrons. The van der Waals surface area contributed by atoms with Gasteiger partial charge < -0.3 is 19.5 Å². The molecule has 1 aliphatic rings.